The summed E-state index contributed by atoms with van der Waals surface area (Å²) in [6.07, 6.45) is 4.01. The number of aromatic amines is 1. The number of benzene rings is 1. The number of piperidine rings is 1. The van der Waals surface area contributed by atoms with Crippen molar-refractivity contribution in [3.05, 3.63) is 54.2 Å². The molecule has 0 unspecified atom stereocenters. The standard InChI is InChI=1S/C21H22N6O2/c1-28-13-18-25-21(29-26-18)14-8-9-19(22-11-14)27-10-4-5-15(12-27)20-23-16-6-2-3-7-17(16)24-20/h2-3,6-9,11,15H,4-5,10,12-13H2,1H3,(H,23,24)/t15-/m0/s1. The average molecular weight is 390 g/mol. The summed E-state index contributed by atoms with van der Waals surface area (Å²) in [4.78, 5) is 19.6. The molecule has 1 atom stereocenters. The van der Waals surface area contributed by atoms with Crippen molar-refractivity contribution < 1.29 is 9.26 Å². The smallest absolute Gasteiger partial charge is 0.259 e. The Morgan fingerprint density at radius 1 is 1.21 bits per heavy atom. The number of nitrogens with zero attached hydrogens (tertiary/aromatic N) is 5. The van der Waals surface area contributed by atoms with E-state index in [4.69, 9.17) is 14.2 Å². The zero-order chi connectivity index (χ0) is 19.6. The van der Waals surface area contributed by atoms with E-state index in [0.717, 1.165) is 54.2 Å². The Bertz CT molecular complexity index is 1070. The fourth-order valence-corrected chi connectivity index (χ4v) is 3.83. The number of fused-ring (bicyclic) bond motifs is 1. The molecule has 4 aromatic rings. The van der Waals surface area contributed by atoms with Gasteiger partial charge in [-0.25, -0.2) is 9.97 Å². The van der Waals surface area contributed by atoms with E-state index in [1.807, 2.05) is 30.3 Å². The largest absolute Gasteiger partial charge is 0.377 e. The van der Waals surface area contributed by atoms with Crippen LogP contribution in [0.5, 0.6) is 0 Å². The van der Waals surface area contributed by atoms with E-state index >= 15 is 0 Å². The molecule has 0 saturated carbocycles. The summed E-state index contributed by atoms with van der Waals surface area (Å²) < 4.78 is 10.3. The second kappa shape index (κ2) is 7.63. The molecule has 1 aliphatic rings. The predicted molar refractivity (Wildman–Crippen MR) is 109 cm³/mol. The normalized spacial score (nSPS) is 17.1. The van der Waals surface area contributed by atoms with Crippen LogP contribution in [-0.2, 0) is 11.3 Å². The molecule has 5 rings (SSSR count). The van der Waals surface area contributed by atoms with Crippen molar-refractivity contribution in [1.82, 2.24) is 25.1 Å². The van der Waals surface area contributed by atoms with Gasteiger partial charge in [-0.2, -0.15) is 4.98 Å². The molecular weight excluding hydrogens is 368 g/mol. The molecule has 3 aromatic heterocycles. The molecule has 1 fully saturated rings. The van der Waals surface area contributed by atoms with E-state index < -0.39 is 0 Å². The Balaban J connectivity index is 1.32. The van der Waals surface area contributed by atoms with Gasteiger partial charge in [0.25, 0.3) is 5.89 Å². The third-order valence-corrected chi connectivity index (χ3v) is 5.28. The quantitative estimate of drug-likeness (QED) is 0.557. The van der Waals surface area contributed by atoms with E-state index in [1.54, 1.807) is 13.3 Å². The summed E-state index contributed by atoms with van der Waals surface area (Å²) in [6.45, 7) is 2.21. The van der Waals surface area contributed by atoms with Crippen LogP contribution in [0.3, 0.4) is 0 Å². The molecule has 0 aliphatic carbocycles. The van der Waals surface area contributed by atoms with Crippen LogP contribution in [0.25, 0.3) is 22.5 Å². The highest BCUT2D eigenvalue weighted by atomic mass is 16.5. The van der Waals surface area contributed by atoms with Crippen LogP contribution in [0, 0.1) is 0 Å². The van der Waals surface area contributed by atoms with Crippen LogP contribution in [0.2, 0.25) is 0 Å². The molecule has 148 valence electrons. The molecule has 8 nitrogen and oxygen atoms in total. The Hall–Kier alpha value is -3.26. The summed E-state index contributed by atoms with van der Waals surface area (Å²) in [6, 6.07) is 12.2. The fourth-order valence-electron chi connectivity index (χ4n) is 3.83. The third-order valence-electron chi connectivity index (χ3n) is 5.28. The van der Waals surface area contributed by atoms with Crippen molar-refractivity contribution >= 4 is 16.9 Å². The first-order valence-electron chi connectivity index (χ1n) is 9.77. The molecule has 1 N–H and O–H groups in total. The fraction of sp³-hybridized carbons (Fsp3) is 0.333. The van der Waals surface area contributed by atoms with Crippen molar-refractivity contribution in [2.24, 2.45) is 0 Å². The number of rotatable bonds is 5. The zero-order valence-electron chi connectivity index (χ0n) is 16.2. The van der Waals surface area contributed by atoms with Gasteiger partial charge in [0.15, 0.2) is 5.82 Å². The number of para-hydroxylation sites is 2. The number of anilines is 1. The van der Waals surface area contributed by atoms with Crippen LogP contribution in [0.4, 0.5) is 5.82 Å². The predicted octanol–water partition coefficient (Wildman–Crippen LogP) is 3.54. The Morgan fingerprint density at radius 3 is 2.97 bits per heavy atom. The van der Waals surface area contributed by atoms with Gasteiger partial charge >= 0.3 is 0 Å². The van der Waals surface area contributed by atoms with E-state index in [2.05, 4.69) is 31.1 Å². The van der Waals surface area contributed by atoms with Gasteiger partial charge in [-0.1, -0.05) is 17.3 Å². The van der Waals surface area contributed by atoms with Gasteiger partial charge in [0.2, 0.25) is 0 Å². The lowest BCUT2D eigenvalue weighted by Gasteiger charge is -2.32. The summed E-state index contributed by atoms with van der Waals surface area (Å²) in [5.74, 6) is 3.35. The van der Waals surface area contributed by atoms with Crippen LogP contribution >= 0.6 is 0 Å². The first-order chi connectivity index (χ1) is 14.3. The lowest BCUT2D eigenvalue weighted by molar-refractivity contribution is 0.174. The number of aromatic nitrogens is 5. The van der Waals surface area contributed by atoms with E-state index in [9.17, 15) is 0 Å². The summed E-state index contributed by atoms with van der Waals surface area (Å²) >= 11 is 0. The van der Waals surface area contributed by atoms with Crippen LogP contribution in [0.15, 0.2) is 47.1 Å². The summed E-state index contributed by atoms with van der Waals surface area (Å²) in [5, 5.41) is 3.90. The van der Waals surface area contributed by atoms with Crippen molar-refractivity contribution in [1.29, 1.82) is 0 Å². The van der Waals surface area contributed by atoms with Crippen LogP contribution < -0.4 is 4.90 Å². The number of nitrogens with one attached hydrogen (secondary N) is 1. The molecule has 1 aliphatic heterocycles. The number of H-pyrrole nitrogens is 1. The maximum Gasteiger partial charge on any atom is 0.259 e. The highest BCUT2D eigenvalue weighted by Crippen LogP contribution is 2.29. The molecule has 1 saturated heterocycles. The first kappa shape index (κ1) is 17.8. The molecular formula is C21H22N6O2. The van der Waals surface area contributed by atoms with Gasteiger partial charge < -0.3 is 19.1 Å². The molecule has 0 bridgehead atoms. The minimum absolute atomic E-state index is 0.325. The second-order valence-corrected chi connectivity index (χ2v) is 7.28. The topological polar surface area (TPSA) is 93.0 Å². The maximum atomic E-state index is 5.29. The third kappa shape index (κ3) is 3.58. The minimum atomic E-state index is 0.325. The molecule has 0 spiro atoms. The molecule has 29 heavy (non-hydrogen) atoms. The monoisotopic (exact) mass is 390 g/mol. The molecule has 0 radical (unpaired) electrons. The highest BCUT2D eigenvalue weighted by Gasteiger charge is 2.25. The van der Waals surface area contributed by atoms with Gasteiger partial charge in [-0.05, 0) is 37.1 Å². The van der Waals surface area contributed by atoms with E-state index in [-0.39, 0.29) is 0 Å². The summed E-state index contributed by atoms with van der Waals surface area (Å²) in [5.41, 5.74) is 2.92. The lowest BCUT2D eigenvalue weighted by Crippen LogP contribution is -2.35. The van der Waals surface area contributed by atoms with Crippen molar-refractivity contribution in [2.45, 2.75) is 25.4 Å². The zero-order valence-corrected chi connectivity index (χ0v) is 16.2. The summed E-state index contributed by atoms with van der Waals surface area (Å²) in [7, 11) is 1.60. The highest BCUT2D eigenvalue weighted by molar-refractivity contribution is 5.74. The van der Waals surface area contributed by atoms with Crippen LogP contribution in [-0.4, -0.2) is 45.3 Å². The van der Waals surface area contributed by atoms with Crippen molar-refractivity contribution in [3.8, 4) is 11.5 Å². The van der Waals surface area contributed by atoms with Gasteiger partial charge in [0.05, 0.1) is 16.6 Å². The van der Waals surface area contributed by atoms with Crippen molar-refractivity contribution in [2.75, 3.05) is 25.1 Å². The Morgan fingerprint density at radius 2 is 2.14 bits per heavy atom. The molecule has 4 heterocycles. The first-order valence-corrected chi connectivity index (χ1v) is 9.77. The number of imidazole rings is 1. The number of pyridine rings is 1. The number of methoxy groups -OCH3 is 1. The molecule has 8 heteroatoms. The van der Waals surface area contributed by atoms with E-state index in [1.165, 1.54) is 0 Å². The maximum absolute atomic E-state index is 5.29. The average Bonchev–Trinajstić information content (AvgIpc) is 3.41. The van der Waals surface area contributed by atoms with Gasteiger partial charge in [0, 0.05) is 32.3 Å². The van der Waals surface area contributed by atoms with Gasteiger partial charge in [-0.15, -0.1) is 0 Å². The number of ether oxygens (including phenoxy) is 1. The lowest BCUT2D eigenvalue weighted by atomic mass is 9.97. The number of hydrogen-bond donors (Lipinski definition) is 1. The molecule has 0 amide bonds. The Labute approximate surface area is 167 Å². The van der Waals surface area contributed by atoms with Crippen LogP contribution in [0.1, 0.15) is 30.4 Å². The second-order valence-electron chi connectivity index (χ2n) is 7.28. The van der Waals surface area contributed by atoms with E-state index in [0.29, 0.717) is 24.2 Å². The molecule has 1 aromatic carbocycles. The van der Waals surface area contributed by atoms with Gasteiger partial charge in [-0.3, -0.25) is 0 Å². The number of hydrogen-bond acceptors (Lipinski definition) is 7. The Kier molecular flexibility index (Phi) is 4.69. The minimum Gasteiger partial charge on any atom is -0.377 e. The SMILES string of the molecule is COCc1noc(-c2ccc(N3CCC[C@H](c4nc5ccccc5[nH]4)C3)nc2)n1. The van der Waals surface area contributed by atoms with Crippen molar-refractivity contribution in [3.63, 3.8) is 0 Å². The van der Waals surface area contributed by atoms with Gasteiger partial charge in [0.1, 0.15) is 18.2 Å².